The van der Waals surface area contributed by atoms with E-state index < -0.39 is 0 Å². The van der Waals surface area contributed by atoms with Crippen molar-refractivity contribution < 1.29 is 4.79 Å². The first kappa shape index (κ1) is 17.1. The van der Waals surface area contributed by atoms with E-state index in [4.69, 9.17) is 11.6 Å². The zero-order valence-corrected chi connectivity index (χ0v) is 15.5. The largest absolute Gasteiger partial charge is 0.368 e. The number of aryl methyl sites for hydroxylation is 1. The number of piperazine rings is 1. The predicted octanol–water partition coefficient (Wildman–Crippen LogP) is 2.98. The fourth-order valence-electron chi connectivity index (χ4n) is 3.19. The molecule has 0 atom stereocenters. The SMILES string of the molecule is Cc1nc(NC2CC2)cc(C(=O)N2CCN(c3cccc(Cl)c3)CC2)n1. The summed E-state index contributed by atoms with van der Waals surface area (Å²) in [5.41, 5.74) is 1.57. The smallest absolute Gasteiger partial charge is 0.272 e. The Morgan fingerprint density at radius 1 is 1.15 bits per heavy atom. The average molecular weight is 372 g/mol. The number of nitrogens with one attached hydrogen (secondary N) is 1. The summed E-state index contributed by atoms with van der Waals surface area (Å²) in [6.07, 6.45) is 2.33. The number of hydrogen-bond donors (Lipinski definition) is 1. The molecule has 1 aromatic heterocycles. The van der Waals surface area contributed by atoms with Crippen molar-refractivity contribution in [1.82, 2.24) is 14.9 Å². The van der Waals surface area contributed by atoms with E-state index in [2.05, 4.69) is 20.2 Å². The van der Waals surface area contributed by atoms with Crippen LogP contribution in [0.1, 0.15) is 29.2 Å². The zero-order chi connectivity index (χ0) is 18.1. The van der Waals surface area contributed by atoms with Gasteiger partial charge in [-0.15, -0.1) is 0 Å². The third-order valence-corrected chi connectivity index (χ3v) is 4.96. The molecule has 1 saturated carbocycles. The van der Waals surface area contributed by atoms with Gasteiger partial charge in [-0.3, -0.25) is 4.79 Å². The number of anilines is 2. The van der Waals surface area contributed by atoms with Gasteiger partial charge in [-0.05, 0) is 38.0 Å². The molecule has 1 saturated heterocycles. The molecule has 2 heterocycles. The van der Waals surface area contributed by atoms with Gasteiger partial charge in [0.1, 0.15) is 17.3 Å². The van der Waals surface area contributed by atoms with E-state index in [1.165, 1.54) is 0 Å². The molecule has 0 bridgehead atoms. The molecule has 0 spiro atoms. The van der Waals surface area contributed by atoms with E-state index in [1.807, 2.05) is 36.1 Å². The fourth-order valence-corrected chi connectivity index (χ4v) is 3.38. The topological polar surface area (TPSA) is 61.4 Å². The third kappa shape index (κ3) is 3.90. The second-order valence-electron chi connectivity index (χ2n) is 6.86. The summed E-state index contributed by atoms with van der Waals surface area (Å²) in [6.45, 7) is 4.72. The monoisotopic (exact) mass is 371 g/mol. The Bertz CT molecular complexity index is 815. The number of rotatable bonds is 4. The van der Waals surface area contributed by atoms with Crippen LogP contribution in [0.3, 0.4) is 0 Å². The molecule has 26 heavy (non-hydrogen) atoms. The lowest BCUT2D eigenvalue weighted by Gasteiger charge is -2.36. The van der Waals surface area contributed by atoms with E-state index in [9.17, 15) is 4.79 Å². The molecular weight excluding hydrogens is 350 g/mol. The Morgan fingerprint density at radius 3 is 2.62 bits per heavy atom. The van der Waals surface area contributed by atoms with Gasteiger partial charge >= 0.3 is 0 Å². The summed E-state index contributed by atoms with van der Waals surface area (Å²) in [5.74, 6) is 1.34. The van der Waals surface area contributed by atoms with Crippen LogP contribution in [0.5, 0.6) is 0 Å². The van der Waals surface area contributed by atoms with E-state index in [0.717, 1.165) is 42.5 Å². The molecular formula is C19H22ClN5O. The second-order valence-corrected chi connectivity index (χ2v) is 7.30. The van der Waals surface area contributed by atoms with Crippen LogP contribution in [0.25, 0.3) is 0 Å². The van der Waals surface area contributed by atoms with Gasteiger partial charge in [-0.1, -0.05) is 17.7 Å². The van der Waals surface area contributed by atoms with Crippen LogP contribution >= 0.6 is 11.6 Å². The van der Waals surface area contributed by atoms with E-state index in [0.29, 0.717) is 30.6 Å². The summed E-state index contributed by atoms with van der Waals surface area (Å²) < 4.78 is 0. The molecule has 7 heteroatoms. The minimum absolute atomic E-state index is 0.0277. The predicted molar refractivity (Wildman–Crippen MR) is 103 cm³/mol. The van der Waals surface area contributed by atoms with Gasteiger partial charge in [-0.25, -0.2) is 9.97 Å². The molecule has 1 N–H and O–H groups in total. The minimum atomic E-state index is -0.0277. The van der Waals surface area contributed by atoms with Crippen molar-refractivity contribution in [1.29, 1.82) is 0 Å². The van der Waals surface area contributed by atoms with Crippen LogP contribution in [0.15, 0.2) is 30.3 Å². The second kappa shape index (κ2) is 7.11. The molecule has 1 aromatic carbocycles. The number of hydrogen-bond acceptors (Lipinski definition) is 5. The van der Waals surface area contributed by atoms with E-state index >= 15 is 0 Å². The van der Waals surface area contributed by atoms with Crippen LogP contribution in [-0.4, -0.2) is 53.0 Å². The lowest BCUT2D eigenvalue weighted by atomic mass is 10.2. The number of halogens is 1. The Balaban J connectivity index is 1.42. The molecule has 2 fully saturated rings. The molecule has 6 nitrogen and oxygen atoms in total. The summed E-state index contributed by atoms with van der Waals surface area (Å²) in [5, 5.41) is 4.08. The van der Waals surface area contributed by atoms with Gasteiger partial charge in [-0.2, -0.15) is 0 Å². The molecule has 1 aliphatic carbocycles. The quantitative estimate of drug-likeness (QED) is 0.895. The maximum absolute atomic E-state index is 12.9. The molecule has 4 rings (SSSR count). The fraction of sp³-hybridized carbons (Fsp3) is 0.421. The molecule has 1 amide bonds. The minimum Gasteiger partial charge on any atom is -0.368 e. The summed E-state index contributed by atoms with van der Waals surface area (Å²) in [6, 6.07) is 10.1. The maximum Gasteiger partial charge on any atom is 0.272 e. The highest BCUT2D eigenvalue weighted by molar-refractivity contribution is 6.30. The highest BCUT2D eigenvalue weighted by Gasteiger charge is 2.25. The van der Waals surface area contributed by atoms with E-state index in [-0.39, 0.29) is 5.91 Å². The maximum atomic E-state index is 12.9. The van der Waals surface area contributed by atoms with Crippen molar-refractivity contribution in [2.24, 2.45) is 0 Å². The summed E-state index contributed by atoms with van der Waals surface area (Å²) >= 11 is 6.08. The van der Waals surface area contributed by atoms with Crippen molar-refractivity contribution in [2.75, 3.05) is 36.4 Å². The lowest BCUT2D eigenvalue weighted by Crippen LogP contribution is -2.49. The summed E-state index contributed by atoms with van der Waals surface area (Å²) in [7, 11) is 0. The third-order valence-electron chi connectivity index (χ3n) is 4.73. The van der Waals surface area contributed by atoms with Gasteiger partial charge < -0.3 is 15.1 Å². The van der Waals surface area contributed by atoms with Crippen LogP contribution in [0, 0.1) is 6.92 Å². The Kier molecular flexibility index (Phi) is 4.68. The van der Waals surface area contributed by atoms with Gasteiger partial charge in [0.25, 0.3) is 5.91 Å². The van der Waals surface area contributed by atoms with Crippen molar-refractivity contribution in [3.63, 3.8) is 0 Å². The Morgan fingerprint density at radius 2 is 1.92 bits per heavy atom. The average Bonchev–Trinajstić information content (AvgIpc) is 3.45. The molecule has 136 valence electrons. The van der Waals surface area contributed by atoms with Crippen LogP contribution in [-0.2, 0) is 0 Å². The highest BCUT2D eigenvalue weighted by atomic mass is 35.5. The first-order valence-electron chi connectivity index (χ1n) is 9.00. The molecule has 1 aliphatic heterocycles. The van der Waals surface area contributed by atoms with Gasteiger partial charge in [0, 0.05) is 49.0 Å². The van der Waals surface area contributed by atoms with Gasteiger partial charge in [0.05, 0.1) is 0 Å². The first-order chi connectivity index (χ1) is 12.6. The van der Waals surface area contributed by atoms with Crippen LogP contribution in [0.2, 0.25) is 5.02 Å². The number of benzene rings is 1. The lowest BCUT2D eigenvalue weighted by molar-refractivity contribution is 0.0740. The van der Waals surface area contributed by atoms with Gasteiger partial charge in [0.2, 0.25) is 0 Å². The van der Waals surface area contributed by atoms with Crippen LogP contribution < -0.4 is 10.2 Å². The normalized spacial score (nSPS) is 17.3. The molecule has 2 aliphatic rings. The van der Waals surface area contributed by atoms with Crippen molar-refractivity contribution in [3.8, 4) is 0 Å². The molecule has 2 aromatic rings. The van der Waals surface area contributed by atoms with Crippen LogP contribution in [0.4, 0.5) is 11.5 Å². The van der Waals surface area contributed by atoms with Crippen molar-refractivity contribution in [2.45, 2.75) is 25.8 Å². The standard InChI is InChI=1S/C19H22ClN5O/c1-13-21-17(12-18(22-13)23-15-5-6-15)19(26)25-9-7-24(8-10-25)16-4-2-3-14(20)11-16/h2-4,11-12,15H,5-10H2,1H3,(H,21,22,23). The zero-order valence-electron chi connectivity index (χ0n) is 14.8. The Hall–Kier alpha value is -2.34. The first-order valence-corrected chi connectivity index (χ1v) is 9.38. The molecule has 0 radical (unpaired) electrons. The summed E-state index contributed by atoms with van der Waals surface area (Å²) in [4.78, 5) is 25.7. The van der Waals surface area contributed by atoms with E-state index in [1.54, 1.807) is 6.07 Å². The number of nitrogens with zero attached hydrogens (tertiary/aromatic N) is 4. The highest BCUT2D eigenvalue weighted by Crippen LogP contribution is 2.24. The Labute approximate surface area is 158 Å². The van der Waals surface area contributed by atoms with Crippen molar-refractivity contribution in [3.05, 3.63) is 46.9 Å². The molecule has 0 unspecified atom stereocenters. The number of carbonyl (C=O) groups is 1. The van der Waals surface area contributed by atoms with Crippen molar-refractivity contribution >= 4 is 29.0 Å². The number of aromatic nitrogens is 2. The number of amides is 1. The number of carbonyl (C=O) groups excluding carboxylic acids is 1. The van der Waals surface area contributed by atoms with Gasteiger partial charge in [0.15, 0.2) is 0 Å².